The lowest BCUT2D eigenvalue weighted by atomic mass is 9.86. The molecule has 7 nitrogen and oxygen atoms in total. The molecule has 0 aliphatic rings. The molecule has 2 heterocycles. The van der Waals surface area contributed by atoms with Crippen LogP contribution in [0.5, 0.6) is 0 Å². The van der Waals surface area contributed by atoms with Crippen molar-refractivity contribution in [3.63, 3.8) is 0 Å². The van der Waals surface area contributed by atoms with Gasteiger partial charge < -0.3 is 0 Å². The minimum Gasteiger partial charge on any atom is -0.259 e. The van der Waals surface area contributed by atoms with E-state index >= 15 is 0 Å². The molecule has 0 unspecified atom stereocenters. The van der Waals surface area contributed by atoms with E-state index in [1.165, 1.54) is 22.9 Å². The van der Waals surface area contributed by atoms with Gasteiger partial charge in [-0.2, -0.15) is 9.23 Å². The Kier molecular flexibility index (Phi) is 5.38. The van der Waals surface area contributed by atoms with Gasteiger partial charge in [0.25, 0.3) is 10.0 Å². The number of hydrogen-bond acceptors (Lipinski definition) is 5. The zero-order valence-corrected chi connectivity index (χ0v) is 21.2. The van der Waals surface area contributed by atoms with Gasteiger partial charge in [0.1, 0.15) is 5.52 Å². The highest BCUT2D eigenvalue weighted by Crippen LogP contribution is 2.30. The summed E-state index contributed by atoms with van der Waals surface area (Å²) in [6.45, 7) is 3.62. The molecule has 174 valence electrons. The first kappa shape index (κ1) is 23.0. The zero-order chi connectivity index (χ0) is 25.0. The van der Waals surface area contributed by atoms with Crippen molar-refractivity contribution in [1.82, 2.24) is 13.5 Å². The molecule has 0 saturated heterocycles. The third kappa shape index (κ3) is 3.66. The van der Waals surface area contributed by atoms with Crippen LogP contribution in [0.3, 0.4) is 0 Å². The van der Waals surface area contributed by atoms with Crippen LogP contribution in [0.2, 0.25) is 0 Å². The van der Waals surface area contributed by atoms with Crippen LogP contribution in [-0.2, 0) is 15.4 Å². The van der Waals surface area contributed by atoms with Gasteiger partial charge in [-0.3, -0.25) is 9.55 Å². The number of halogens is 1. The van der Waals surface area contributed by atoms with E-state index in [0.29, 0.717) is 22.1 Å². The van der Waals surface area contributed by atoms with Gasteiger partial charge in [-0.1, -0.05) is 46.3 Å². The summed E-state index contributed by atoms with van der Waals surface area (Å²) in [4.78, 5) is 18.3. The topological polar surface area (TPSA) is 97.7 Å². The highest BCUT2D eigenvalue weighted by atomic mass is 79.9. The van der Waals surface area contributed by atoms with Crippen LogP contribution in [0.25, 0.3) is 27.6 Å². The predicted molar refractivity (Wildman–Crippen MR) is 138 cm³/mol. The minimum absolute atomic E-state index is 0.00149. The number of rotatable bonds is 4. The van der Waals surface area contributed by atoms with E-state index in [2.05, 4.69) is 27.0 Å². The van der Waals surface area contributed by atoms with Crippen molar-refractivity contribution < 1.29 is 8.42 Å². The SMILES string of the molecule is CC(C)(C#N)c1ccc(-n2c(=O)n(S(=O)(=O)c3ccccc3)c3cnc4ccc(Br)cc4c32)cc1. The summed E-state index contributed by atoms with van der Waals surface area (Å²) in [5, 5.41) is 10.1. The Morgan fingerprint density at radius 2 is 1.69 bits per heavy atom. The van der Waals surface area contributed by atoms with Crippen molar-refractivity contribution >= 4 is 47.9 Å². The van der Waals surface area contributed by atoms with Crippen LogP contribution in [0.15, 0.2) is 93.2 Å². The van der Waals surface area contributed by atoms with Crippen LogP contribution in [-0.4, -0.2) is 21.9 Å². The molecule has 0 spiro atoms. The van der Waals surface area contributed by atoms with Crippen molar-refractivity contribution in [3.8, 4) is 11.8 Å². The average molecular weight is 547 g/mol. The molecule has 3 aromatic carbocycles. The van der Waals surface area contributed by atoms with E-state index in [9.17, 15) is 18.5 Å². The van der Waals surface area contributed by atoms with E-state index in [4.69, 9.17) is 0 Å². The van der Waals surface area contributed by atoms with Gasteiger partial charge in [-0.05, 0) is 61.9 Å². The molecule has 0 aliphatic carbocycles. The Balaban J connectivity index is 1.90. The van der Waals surface area contributed by atoms with Gasteiger partial charge in [-0.15, -0.1) is 0 Å². The first-order valence-corrected chi connectivity index (χ1v) is 12.9. The Morgan fingerprint density at radius 3 is 2.34 bits per heavy atom. The molecule has 0 radical (unpaired) electrons. The number of aromatic nitrogens is 3. The molecule has 35 heavy (non-hydrogen) atoms. The molecule has 0 amide bonds. The maximum absolute atomic E-state index is 13.8. The fraction of sp³-hybridized carbons (Fsp3) is 0.115. The van der Waals surface area contributed by atoms with Crippen LogP contribution < -0.4 is 5.69 Å². The van der Waals surface area contributed by atoms with Crippen LogP contribution in [0, 0.1) is 11.3 Å². The summed E-state index contributed by atoms with van der Waals surface area (Å²) < 4.78 is 30.2. The lowest BCUT2D eigenvalue weighted by Gasteiger charge is -2.16. The fourth-order valence-electron chi connectivity index (χ4n) is 4.07. The summed E-state index contributed by atoms with van der Waals surface area (Å²) in [7, 11) is -4.21. The second kappa shape index (κ2) is 8.18. The van der Waals surface area contributed by atoms with Crippen LogP contribution in [0.4, 0.5) is 0 Å². The highest BCUT2D eigenvalue weighted by Gasteiger charge is 2.28. The van der Waals surface area contributed by atoms with E-state index in [0.717, 1.165) is 14.0 Å². The highest BCUT2D eigenvalue weighted by molar-refractivity contribution is 9.10. The monoisotopic (exact) mass is 546 g/mol. The third-order valence-electron chi connectivity index (χ3n) is 6.00. The Labute approximate surface area is 210 Å². The molecule has 0 bridgehead atoms. The van der Waals surface area contributed by atoms with Gasteiger partial charge in [0, 0.05) is 9.86 Å². The second-order valence-corrected chi connectivity index (χ2v) is 11.3. The zero-order valence-electron chi connectivity index (χ0n) is 18.8. The van der Waals surface area contributed by atoms with Gasteiger partial charge in [-0.25, -0.2) is 13.2 Å². The van der Waals surface area contributed by atoms with E-state index in [1.807, 2.05) is 26.0 Å². The van der Waals surface area contributed by atoms with E-state index < -0.39 is 21.1 Å². The summed E-state index contributed by atoms with van der Waals surface area (Å²) in [5.41, 5.74) is 1.03. The minimum atomic E-state index is -4.21. The second-order valence-electron chi connectivity index (χ2n) is 8.64. The van der Waals surface area contributed by atoms with Crippen molar-refractivity contribution in [2.75, 3.05) is 0 Å². The normalized spacial score (nSPS) is 12.2. The molecule has 0 N–H and O–H groups in total. The third-order valence-corrected chi connectivity index (χ3v) is 8.19. The summed E-state index contributed by atoms with van der Waals surface area (Å²) in [5.74, 6) is 0. The predicted octanol–water partition coefficient (Wildman–Crippen LogP) is 5.14. The molecule has 9 heteroatoms. The average Bonchev–Trinajstić information content (AvgIpc) is 3.17. The number of fused-ring (bicyclic) bond motifs is 3. The standard InChI is InChI=1S/C26H19BrN4O3S/c1-26(2,16-28)17-8-11-19(12-9-17)30-24-21-14-18(27)10-13-22(21)29-15-23(24)31(25(30)32)35(33,34)20-6-4-3-5-7-20/h3-15H,1-2H3. The number of nitrogens with zero attached hydrogens (tertiary/aromatic N) is 4. The van der Waals surface area contributed by atoms with Gasteiger partial charge >= 0.3 is 5.69 Å². The largest absolute Gasteiger partial charge is 0.348 e. The smallest absolute Gasteiger partial charge is 0.259 e. The first-order valence-electron chi connectivity index (χ1n) is 10.7. The lowest BCUT2D eigenvalue weighted by Crippen LogP contribution is -2.29. The van der Waals surface area contributed by atoms with Crippen molar-refractivity contribution in [2.45, 2.75) is 24.2 Å². The Hall–Kier alpha value is -3.74. The van der Waals surface area contributed by atoms with Gasteiger partial charge in [0.2, 0.25) is 0 Å². The Bertz CT molecular complexity index is 1820. The number of pyridine rings is 1. The lowest BCUT2D eigenvalue weighted by molar-refractivity contribution is 0.586. The van der Waals surface area contributed by atoms with Crippen LogP contribution in [0.1, 0.15) is 19.4 Å². The quantitative estimate of drug-likeness (QED) is 0.310. The van der Waals surface area contributed by atoms with Crippen molar-refractivity contribution in [1.29, 1.82) is 5.26 Å². The number of hydrogen-bond donors (Lipinski definition) is 0. The van der Waals surface area contributed by atoms with Gasteiger partial charge in [0.15, 0.2) is 0 Å². The molecule has 2 aromatic heterocycles. The number of nitriles is 1. The molecule has 0 aliphatic heterocycles. The van der Waals surface area contributed by atoms with E-state index in [1.54, 1.807) is 48.5 Å². The summed E-state index contributed by atoms with van der Waals surface area (Å²) in [6.07, 6.45) is 1.41. The molecular weight excluding hydrogens is 528 g/mol. The summed E-state index contributed by atoms with van der Waals surface area (Å²) >= 11 is 3.47. The fourth-order valence-corrected chi connectivity index (χ4v) is 5.83. The molecule has 0 fully saturated rings. The Morgan fingerprint density at radius 1 is 1.00 bits per heavy atom. The first-order chi connectivity index (χ1) is 16.6. The maximum atomic E-state index is 13.8. The van der Waals surface area contributed by atoms with Crippen molar-refractivity contribution in [2.24, 2.45) is 0 Å². The van der Waals surface area contributed by atoms with E-state index in [-0.39, 0.29) is 10.4 Å². The molecular formula is C26H19BrN4O3S. The molecule has 5 rings (SSSR count). The number of benzene rings is 3. The maximum Gasteiger partial charge on any atom is 0.348 e. The van der Waals surface area contributed by atoms with Gasteiger partial charge in [0.05, 0.1) is 39.3 Å². The molecule has 5 aromatic rings. The number of imidazole rings is 1. The molecule has 0 atom stereocenters. The van der Waals surface area contributed by atoms with Crippen LogP contribution >= 0.6 is 15.9 Å². The van der Waals surface area contributed by atoms with Crippen molar-refractivity contribution in [3.05, 3.63) is 99.5 Å². The molecule has 0 saturated carbocycles. The summed E-state index contributed by atoms with van der Waals surface area (Å²) in [6, 6.07) is 22.5.